The minimum absolute atomic E-state index is 0.604. The molecule has 0 aliphatic heterocycles. The van der Waals surface area contributed by atoms with Crippen LogP contribution in [0.4, 0.5) is 0 Å². The quantitative estimate of drug-likeness (QED) is 0.343. The molecule has 0 bridgehead atoms. The van der Waals surface area contributed by atoms with Gasteiger partial charge in [-0.05, 0) is 0 Å². The molecule has 0 unspecified atom stereocenters. The van der Waals surface area contributed by atoms with Crippen LogP contribution in [0.25, 0.3) is 0 Å². The average Bonchev–Trinajstić information content (AvgIpc) is 2.09. The van der Waals surface area contributed by atoms with Crippen LogP contribution in [0.3, 0.4) is 0 Å². The molecule has 1 rings (SSSR count). The van der Waals surface area contributed by atoms with Gasteiger partial charge in [0.2, 0.25) is 0 Å². The van der Waals surface area contributed by atoms with Crippen LogP contribution >= 0.6 is 0 Å². The summed E-state index contributed by atoms with van der Waals surface area (Å²) in [4.78, 5) is 20.6. The first-order valence-corrected chi connectivity index (χ1v) is 3.25. The summed E-state index contributed by atoms with van der Waals surface area (Å²) >= 11 is 0. The number of nitrogens with zero attached hydrogens (tertiary/aromatic N) is 1. The molecule has 0 fully saturated rings. The van der Waals surface area contributed by atoms with Gasteiger partial charge in [0.05, 0.1) is 0 Å². The van der Waals surface area contributed by atoms with Crippen molar-refractivity contribution in [3.05, 3.63) is 30.6 Å². The first-order valence-electron chi connectivity index (χ1n) is 3.25. The zero-order chi connectivity index (χ0) is 8.10. The Hall–Kier alpha value is -1.51. The van der Waals surface area contributed by atoms with Crippen molar-refractivity contribution in [3.63, 3.8) is 0 Å². The fourth-order valence-electron chi connectivity index (χ4n) is 0.783. The van der Waals surface area contributed by atoms with Crippen molar-refractivity contribution in [3.8, 4) is 0 Å². The summed E-state index contributed by atoms with van der Waals surface area (Å²) in [6.45, 7) is 0. The van der Waals surface area contributed by atoms with Gasteiger partial charge in [0, 0.05) is 12.1 Å². The molecular weight excluding hydrogens is 142 g/mol. The van der Waals surface area contributed by atoms with Crippen LogP contribution in [0.2, 0.25) is 0 Å². The molecule has 0 spiro atoms. The van der Waals surface area contributed by atoms with Gasteiger partial charge < -0.3 is 0 Å². The topological polar surface area (TPSA) is 38.0 Å². The minimum Gasteiger partial charge on any atom is -0.295 e. The minimum atomic E-state index is -0.684. The highest BCUT2D eigenvalue weighted by Gasteiger charge is 2.13. The van der Waals surface area contributed by atoms with Crippen LogP contribution < -0.4 is 4.57 Å². The highest BCUT2D eigenvalue weighted by Crippen LogP contribution is 1.85. The molecule has 0 atom stereocenters. The molecule has 0 aliphatic carbocycles. The van der Waals surface area contributed by atoms with Gasteiger partial charge in [0.15, 0.2) is 25.0 Å². The maximum Gasteiger partial charge on any atom is 0.267 e. The second-order valence-electron chi connectivity index (χ2n) is 2.09. The Morgan fingerprint density at radius 3 is 2.00 bits per heavy atom. The van der Waals surface area contributed by atoms with Crippen molar-refractivity contribution in [1.82, 2.24) is 0 Å². The number of carbonyl (C=O) groups excluding carboxylic acids is 2. The Bertz CT molecular complexity index is 238. The lowest BCUT2D eigenvalue weighted by molar-refractivity contribution is -0.693. The van der Waals surface area contributed by atoms with Gasteiger partial charge >= 0.3 is 0 Å². The van der Waals surface area contributed by atoms with E-state index in [0.29, 0.717) is 12.6 Å². The van der Waals surface area contributed by atoms with Gasteiger partial charge in [-0.2, -0.15) is 4.57 Å². The molecule has 3 nitrogen and oxygen atoms in total. The van der Waals surface area contributed by atoms with Crippen LogP contribution in [0.15, 0.2) is 30.6 Å². The Morgan fingerprint density at radius 1 is 1.00 bits per heavy atom. The van der Waals surface area contributed by atoms with Crippen molar-refractivity contribution in [2.24, 2.45) is 0 Å². The molecule has 1 heterocycles. The Kier molecular flexibility index (Phi) is 2.49. The van der Waals surface area contributed by atoms with Crippen molar-refractivity contribution in [1.29, 1.82) is 0 Å². The zero-order valence-corrected chi connectivity index (χ0v) is 5.88. The van der Waals surface area contributed by atoms with E-state index in [-0.39, 0.29) is 0 Å². The largest absolute Gasteiger partial charge is 0.295 e. The fraction of sp³-hybridized carbons (Fsp3) is 0.125. The van der Waals surface area contributed by atoms with Crippen LogP contribution in [-0.4, -0.2) is 12.6 Å². The third kappa shape index (κ3) is 1.70. The van der Waals surface area contributed by atoms with Crippen molar-refractivity contribution >= 4 is 12.6 Å². The number of hydrogen-bond donors (Lipinski definition) is 0. The first kappa shape index (κ1) is 7.60. The van der Waals surface area contributed by atoms with Crippen molar-refractivity contribution in [2.75, 3.05) is 0 Å². The molecule has 0 saturated carbocycles. The number of aromatic nitrogens is 1. The zero-order valence-electron chi connectivity index (χ0n) is 5.88. The molecule has 11 heavy (non-hydrogen) atoms. The SMILES string of the molecule is O=CC(C=O)[n+]1ccccc1. The molecule has 0 aliphatic rings. The van der Waals surface area contributed by atoms with Gasteiger partial charge in [-0.15, -0.1) is 0 Å². The maximum absolute atomic E-state index is 10.3. The molecule has 56 valence electrons. The lowest BCUT2D eigenvalue weighted by Gasteiger charge is -1.94. The van der Waals surface area contributed by atoms with Gasteiger partial charge in [-0.25, -0.2) is 0 Å². The molecule has 1 aromatic rings. The molecule has 0 aromatic carbocycles. The van der Waals surface area contributed by atoms with E-state index in [1.165, 1.54) is 0 Å². The van der Waals surface area contributed by atoms with Crippen molar-refractivity contribution < 1.29 is 14.2 Å². The van der Waals surface area contributed by atoms with E-state index >= 15 is 0 Å². The first-order chi connectivity index (χ1) is 5.38. The van der Waals surface area contributed by atoms with E-state index in [4.69, 9.17) is 0 Å². The lowest BCUT2D eigenvalue weighted by atomic mass is 10.3. The summed E-state index contributed by atoms with van der Waals surface area (Å²) in [5, 5.41) is 0. The number of rotatable bonds is 3. The Morgan fingerprint density at radius 2 is 1.55 bits per heavy atom. The second kappa shape index (κ2) is 3.61. The van der Waals surface area contributed by atoms with Gasteiger partial charge in [-0.1, -0.05) is 6.07 Å². The van der Waals surface area contributed by atoms with E-state index < -0.39 is 6.04 Å². The highest BCUT2D eigenvalue weighted by molar-refractivity contribution is 5.77. The van der Waals surface area contributed by atoms with Gasteiger partial charge in [0.25, 0.3) is 6.04 Å². The number of pyridine rings is 1. The van der Waals surface area contributed by atoms with E-state index in [0.717, 1.165) is 0 Å². The monoisotopic (exact) mass is 150 g/mol. The summed E-state index contributed by atoms with van der Waals surface area (Å²) in [7, 11) is 0. The Labute approximate surface area is 64.3 Å². The average molecular weight is 150 g/mol. The van der Waals surface area contributed by atoms with Gasteiger partial charge in [-0.3, -0.25) is 9.59 Å². The molecule has 0 radical (unpaired) electrons. The van der Waals surface area contributed by atoms with Crippen LogP contribution in [0.1, 0.15) is 6.04 Å². The van der Waals surface area contributed by atoms with Crippen LogP contribution in [-0.2, 0) is 9.59 Å². The summed E-state index contributed by atoms with van der Waals surface area (Å²) < 4.78 is 1.54. The summed E-state index contributed by atoms with van der Waals surface area (Å²) in [5.41, 5.74) is 0. The van der Waals surface area contributed by atoms with E-state index in [1.54, 1.807) is 29.1 Å². The molecule has 3 heteroatoms. The third-order valence-electron chi connectivity index (χ3n) is 1.36. The third-order valence-corrected chi connectivity index (χ3v) is 1.36. The second-order valence-corrected chi connectivity index (χ2v) is 2.09. The van der Waals surface area contributed by atoms with E-state index in [1.807, 2.05) is 6.07 Å². The summed E-state index contributed by atoms with van der Waals surface area (Å²) in [6, 6.07) is 4.67. The maximum atomic E-state index is 10.3. The van der Waals surface area contributed by atoms with Crippen LogP contribution in [0, 0.1) is 0 Å². The van der Waals surface area contributed by atoms with Gasteiger partial charge in [0.1, 0.15) is 0 Å². The Balaban J connectivity index is 2.90. The number of aldehydes is 2. The molecule has 1 aromatic heterocycles. The highest BCUT2D eigenvalue weighted by atomic mass is 16.1. The smallest absolute Gasteiger partial charge is 0.267 e. The molecule has 0 amide bonds. The molecular formula is C8H8NO2+. The molecule has 0 N–H and O–H groups in total. The van der Waals surface area contributed by atoms with Crippen molar-refractivity contribution in [2.45, 2.75) is 6.04 Å². The number of carbonyl (C=O) groups is 2. The number of hydrogen-bond acceptors (Lipinski definition) is 2. The van der Waals surface area contributed by atoms with E-state index in [2.05, 4.69) is 0 Å². The van der Waals surface area contributed by atoms with Crippen LogP contribution in [0.5, 0.6) is 0 Å². The lowest BCUT2D eigenvalue weighted by Crippen LogP contribution is -2.40. The summed E-state index contributed by atoms with van der Waals surface area (Å²) in [5.74, 6) is 0. The standard InChI is InChI=1S/C8H8NO2/c10-6-8(7-11)9-4-2-1-3-5-9/h1-8H/q+1. The predicted octanol–water partition coefficient (Wildman–Crippen LogP) is -0.0870. The van der Waals surface area contributed by atoms with E-state index in [9.17, 15) is 9.59 Å². The predicted molar refractivity (Wildman–Crippen MR) is 37.8 cm³/mol. The summed E-state index contributed by atoms with van der Waals surface area (Å²) in [6.07, 6.45) is 4.56. The molecule has 0 saturated heterocycles. The normalized spacial score (nSPS) is 9.55. The fourth-order valence-corrected chi connectivity index (χ4v) is 0.783.